The summed E-state index contributed by atoms with van der Waals surface area (Å²) in [7, 11) is 1.50. The van der Waals surface area contributed by atoms with Crippen molar-refractivity contribution in [3.63, 3.8) is 0 Å². The van der Waals surface area contributed by atoms with Crippen molar-refractivity contribution in [2.24, 2.45) is 5.92 Å². The average molecular weight is 241 g/mol. The lowest BCUT2D eigenvalue weighted by atomic mass is 10.1. The normalized spacial score (nSPS) is 17.5. The van der Waals surface area contributed by atoms with Crippen molar-refractivity contribution in [2.75, 3.05) is 13.7 Å². The van der Waals surface area contributed by atoms with E-state index in [9.17, 15) is 4.79 Å². The summed E-state index contributed by atoms with van der Waals surface area (Å²) in [5.74, 6) is 0.749. The maximum atomic E-state index is 11.9. The molecule has 0 heterocycles. The van der Waals surface area contributed by atoms with Crippen LogP contribution in [0.1, 0.15) is 52.9 Å². The molecule has 0 N–H and O–H groups in total. The van der Waals surface area contributed by atoms with Crippen LogP contribution in [0.5, 0.6) is 0 Å². The van der Waals surface area contributed by atoms with Crippen LogP contribution in [0, 0.1) is 5.92 Å². The Labute approximate surface area is 106 Å². The van der Waals surface area contributed by atoms with E-state index in [4.69, 9.17) is 4.74 Å². The smallest absolute Gasteiger partial charge is 0.323 e. The van der Waals surface area contributed by atoms with Crippen molar-refractivity contribution in [2.45, 2.75) is 65.0 Å². The van der Waals surface area contributed by atoms with Gasteiger partial charge in [0.15, 0.2) is 0 Å². The number of unbranched alkanes of at least 4 members (excludes halogenated alkanes) is 1. The van der Waals surface area contributed by atoms with Crippen LogP contribution in [0.4, 0.5) is 0 Å². The average Bonchev–Trinajstić information content (AvgIpc) is 3.11. The summed E-state index contributed by atoms with van der Waals surface area (Å²) in [6.07, 6.45) is 5.79. The molecule has 3 nitrogen and oxygen atoms in total. The third kappa shape index (κ3) is 4.66. The van der Waals surface area contributed by atoms with E-state index < -0.39 is 0 Å². The molecule has 0 aromatic heterocycles. The van der Waals surface area contributed by atoms with Gasteiger partial charge in [0.1, 0.15) is 6.04 Å². The lowest BCUT2D eigenvalue weighted by Crippen LogP contribution is -2.46. The molecule has 3 heteroatoms. The standard InChI is InChI=1S/C14H27NO2/c1-5-6-7-13(14(16)17-4)15(11(2)3)10-12-8-9-12/h11-13H,5-10H2,1-4H3. The van der Waals surface area contributed by atoms with Crippen LogP contribution in [0.15, 0.2) is 0 Å². The van der Waals surface area contributed by atoms with Crippen LogP contribution in [-0.4, -0.2) is 36.6 Å². The Morgan fingerprint density at radius 3 is 2.47 bits per heavy atom. The minimum atomic E-state index is -0.0622. The van der Waals surface area contributed by atoms with Gasteiger partial charge in [0.05, 0.1) is 7.11 Å². The van der Waals surface area contributed by atoms with E-state index in [0.29, 0.717) is 6.04 Å². The summed E-state index contributed by atoms with van der Waals surface area (Å²) < 4.78 is 4.96. The Morgan fingerprint density at radius 2 is 2.06 bits per heavy atom. The summed E-state index contributed by atoms with van der Waals surface area (Å²) in [5.41, 5.74) is 0. The first-order valence-corrected chi connectivity index (χ1v) is 6.93. The summed E-state index contributed by atoms with van der Waals surface area (Å²) in [6, 6.07) is 0.372. The predicted octanol–water partition coefficient (Wildman–Crippen LogP) is 2.84. The van der Waals surface area contributed by atoms with Crippen LogP contribution >= 0.6 is 0 Å². The number of rotatable bonds is 8. The summed E-state index contributed by atoms with van der Waals surface area (Å²) in [4.78, 5) is 14.2. The van der Waals surface area contributed by atoms with Gasteiger partial charge in [-0.25, -0.2) is 0 Å². The minimum Gasteiger partial charge on any atom is -0.468 e. The van der Waals surface area contributed by atoms with E-state index in [1.54, 1.807) is 0 Å². The molecule has 1 saturated carbocycles. The molecule has 1 aliphatic rings. The van der Waals surface area contributed by atoms with Crippen molar-refractivity contribution in [1.82, 2.24) is 4.90 Å². The van der Waals surface area contributed by atoms with Gasteiger partial charge < -0.3 is 4.74 Å². The summed E-state index contributed by atoms with van der Waals surface area (Å²) in [5, 5.41) is 0. The molecule has 1 atom stereocenters. The first-order chi connectivity index (χ1) is 8.10. The van der Waals surface area contributed by atoms with Gasteiger partial charge in [-0.3, -0.25) is 9.69 Å². The Kier molecular flexibility index (Phi) is 5.96. The fourth-order valence-electron chi connectivity index (χ4n) is 2.25. The second-order valence-electron chi connectivity index (χ2n) is 5.42. The SMILES string of the molecule is CCCCC(C(=O)OC)N(CC1CC1)C(C)C. The van der Waals surface area contributed by atoms with Crippen molar-refractivity contribution in [1.29, 1.82) is 0 Å². The zero-order valence-electron chi connectivity index (χ0n) is 11.7. The minimum absolute atomic E-state index is 0.0412. The Balaban J connectivity index is 2.63. The highest BCUT2D eigenvalue weighted by molar-refractivity contribution is 5.75. The molecule has 0 aliphatic heterocycles. The maximum absolute atomic E-state index is 11.9. The Bertz CT molecular complexity index is 236. The first-order valence-electron chi connectivity index (χ1n) is 6.93. The van der Waals surface area contributed by atoms with E-state index in [1.165, 1.54) is 20.0 Å². The molecule has 0 radical (unpaired) electrons. The van der Waals surface area contributed by atoms with Crippen LogP contribution in [0.25, 0.3) is 0 Å². The molecule has 0 aromatic rings. The zero-order valence-corrected chi connectivity index (χ0v) is 11.7. The van der Waals surface area contributed by atoms with Gasteiger partial charge in [0.25, 0.3) is 0 Å². The summed E-state index contributed by atoms with van der Waals surface area (Å²) >= 11 is 0. The highest BCUT2D eigenvalue weighted by atomic mass is 16.5. The number of hydrogen-bond donors (Lipinski definition) is 0. The molecule has 0 bridgehead atoms. The van der Waals surface area contributed by atoms with Gasteiger partial charge in [-0.1, -0.05) is 19.8 Å². The third-order valence-electron chi connectivity index (χ3n) is 3.53. The van der Waals surface area contributed by atoms with Crippen LogP contribution in [0.2, 0.25) is 0 Å². The Morgan fingerprint density at radius 1 is 1.41 bits per heavy atom. The number of hydrogen-bond acceptors (Lipinski definition) is 3. The largest absolute Gasteiger partial charge is 0.468 e. The van der Waals surface area contributed by atoms with Crippen molar-refractivity contribution >= 4 is 5.97 Å². The quantitative estimate of drug-likeness (QED) is 0.612. The fraction of sp³-hybridized carbons (Fsp3) is 0.929. The molecular formula is C14H27NO2. The van der Waals surface area contributed by atoms with Gasteiger partial charge in [-0.15, -0.1) is 0 Å². The number of carbonyl (C=O) groups is 1. The highest BCUT2D eigenvalue weighted by Gasteiger charge is 2.33. The van der Waals surface area contributed by atoms with Crippen molar-refractivity contribution in [3.05, 3.63) is 0 Å². The van der Waals surface area contributed by atoms with Gasteiger partial charge in [-0.05, 0) is 39.0 Å². The molecule has 1 rings (SSSR count). The predicted molar refractivity (Wildman–Crippen MR) is 69.9 cm³/mol. The lowest BCUT2D eigenvalue weighted by molar-refractivity contribution is -0.148. The van der Waals surface area contributed by atoms with Gasteiger partial charge in [-0.2, -0.15) is 0 Å². The van der Waals surface area contributed by atoms with Crippen molar-refractivity contribution in [3.8, 4) is 0 Å². The molecule has 1 aliphatic carbocycles. The fourth-order valence-corrected chi connectivity index (χ4v) is 2.25. The number of ether oxygens (including phenoxy) is 1. The van der Waals surface area contributed by atoms with Gasteiger partial charge >= 0.3 is 5.97 Å². The number of carbonyl (C=O) groups excluding carboxylic acids is 1. The molecule has 0 aromatic carbocycles. The third-order valence-corrected chi connectivity index (χ3v) is 3.53. The van der Waals surface area contributed by atoms with Crippen molar-refractivity contribution < 1.29 is 9.53 Å². The molecule has 100 valence electrons. The molecule has 17 heavy (non-hydrogen) atoms. The molecule has 1 unspecified atom stereocenters. The molecule has 0 amide bonds. The number of methoxy groups -OCH3 is 1. The molecule has 0 saturated heterocycles. The second-order valence-corrected chi connectivity index (χ2v) is 5.42. The zero-order chi connectivity index (χ0) is 12.8. The highest BCUT2D eigenvalue weighted by Crippen LogP contribution is 2.31. The van der Waals surface area contributed by atoms with E-state index in [2.05, 4.69) is 25.7 Å². The topological polar surface area (TPSA) is 29.5 Å². The van der Waals surface area contributed by atoms with E-state index in [-0.39, 0.29) is 12.0 Å². The Hall–Kier alpha value is -0.570. The van der Waals surface area contributed by atoms with Crippen LogP contribution in [0.3, 0.4) is 0 Å². The van der Waals surface area contributed by atoms with E-state index in [1.807, 2.05) is 0 Å². The summed E-state index contributed by atoms with van der Waals surface area (Å²) in [6.45, 7) is 7.56. The number of esters is 1. The molecule has 1 fully saturated rings. The van der Waals surface area contributed by atoms with Crippen LogP contribution < -0.4 is 0 Å². The lowest BCUT2D eigenvalue weighted by Gasteiger charge is -2.33. The van der Waals surface area contributed by atoms with Crippen LogP contribution in [-0.2, 0) is 9.53 Å². The van der Waals surface area contributed by atoms with E-state index in [0.717, 1.165) is 31.7 Å². The maximum Gasteiger partial charge on any atom is 0.323 e. The first kappa shape index (κ1) is 14.5. The van der Waals surface area contributed by atoms with E-state index >= 15 is 0 Å². The second kappa shape index (κ2) is 7.00. The monoisotopic (exact) mass is 241 g/mol. The number of nitrogens with zero attached hydrogens (tertiary/aromatic N) is 1. The van der Waals surface area contributed by atoms with Gasteiger partial charge in [0, 0.05) is 12.6 Å². The van der Waals surface area contributed by atoms with Gasteiger partial charge in [0.2, 0.25) is 0 Å². The molecule has 0 spiro atoms. The molecular weight excluding hydrogens is 214 g/mol.